The first-order valence-electron chi connectivity index (χ1n) is 14.3. The monoisotopic (exact) mass is 531 g/mol. The van der Waals surface area contributed by atoms with Crippen LogP contribution >= 0.6 is 0 Å². The molecule has 3 saturated heterocycles. The maximum Gasteiger partial charge on any atom is 0.256 e. The number of benzene rings is 1. The molecule has 206 valence electrons. The molecule has 0 radical (unpaired) electrons. The predicted molar refractivity (Wildman–Crippen MR) is 150 cm³/mol. The minimum absolute atomic E-state index is 0.00236. The van der Waals surface area contributed by atoms with Gasteiger partial charge in [-0.2, -0.15) is 0 Å². The number of fused-ring (bicyclic) bond motifs is 2. The third-order valence-electron chi connectivity index (χ3n) is 9.23. The van der Waals surface area contributed by atoms with E-state index in [-0.39, 0.29) is 11.9 Å². The van der Waals surface area contributed by atoms with E-state index in [1.54, 1.807) is 18.0 Å². The Balaban J connectivity index is 1.25. The van der Waals surface area contributed by atoms with Crippen LogP contribution in [-0.4, -0.2) is 80.9 Å². The Hall–Kier alpha value is -3.26. The molecule has 1 unspecified atom stereocenters. The fraction of sp³-hybridized carbons (Fsp3) is 0.516. The summed E-state index contributed by atoms with van der Waals surface area (Å²) in [4.78, 5) is 36.2. The number of carbonyl (C=O) groups excluding carboxylic acids is 2. The first-order valence-corrected chi connectivity index (χ1v) is 14.3. The lowest BCUT2D eigenvalue weighted by Gasteiger charge is -2.48. The Labute approximate surface area is 229 Å². The number of carbonyl (C=O) groups is 2. The average Bonchev–Trinajstić information content (AvgIpc) is 3.45. The standard InChI is InChI=1S/C31H38FN5O2/c1-19(2)34(4)31(39)26-12-23(32)5-7-27(26)37-18-22(30-20(3)14-33-15-28(30)37)11-21-16-35(17-21)24-9-10-36-25(13-24)6-8-29(36)38/h5,7,12,14-15,18-19,21,24-25H,6,8-11,13,16-17H2,1-4H3/t24-,25?/m1/s1. The number of amides is 2. The van der Waals surface area contributed by atoms with Crippen LogP contribution in [0.25, 0.3) is 16.6 Å². The number of hydrogen-bond acceptors (Lipinski definition) is 4. The van der Waals surface area contributed by atoms with Gasteiger partial charge in [0.15, 0.2) is 0 Å². The Morgan fingerprint density at radius 3 is 2.74 bits per heavy atom. The number of halogens is 1. The van der Waals surface area contributed by atoms with E-state index in [2.05, 4.69) is 27.9 Å². The van der Waals surface area contributed by atoms with Gasteiger partial charge in [0.05, 0.1) is 23.0 Å². The zero-order valence-corrected chi connectivity index (χ0v) is 23.4. The maximum absolute atomic E-state index is 14.4. The molecule has 0 bridgehead atoms. The van der Waals surface area contributed by atoms with Crippen molar-refractivity contribution in [1.82, 2.24) is 24.3 Å². The second-order valence-electron chi connectivity index (χ2n) is 12.0. The van der Waals surface area contributed by atoms with E-state index in [0.29, 0.717) is 41.6 Å². The molecule has 1 aromatic carbocycles. The summed E-state index contributed by atoms with van der Waals surface area (Å²) in [7, 11) is 1.75. The maximum atomic E-state index is 14.4. The molecule has 6 rings (SSSR count). The van der Waals surface area contributed by atoms with Gasteiger partial charge in [0, 0.05) is 69.0 Å². The van der Waals surface area contributed by atoms with Crippen molar-refractivity contribution in [2.75, 3.05) is 26.7 Å². The molecule has 3 aromatic rings. The molecular formula is C31H38FN5O2. The minimum atomic E-state index is -0.424. The molecule has 0 N–H and O–H groups in total. The van der Waals surface area contributed by atoms with Gasteiger partial charge in [-0.25, -0.2) is 4.39 Å². The van der Waals surface area contributed by atoms with Crippen molar-refractivity contribution in [3.05, 3.63) is 59.3 Å². The van der Waals surface area contributed by atoms with E-state index in [1.807, 2.05) is 30.8 Å². The zero-order chi connectivity index (χ0) is 27.4. The van der Waals surface area contributed by atoms with Crippen molar-refractivity contribution in [2.45, 2.75) is 71.0 Å². The predicted octanol–water partition coefficient (Wildman–Crippen LogP) is 4.58. The molecule has 3 aliphatic heterocycles. The summed E-state index contributed by atoms with van der Waals surface area (Å²) in [6.07, 6.45) is 10.7. The van der Waals surface area contributed by atoms with Crippen LogP contribution in [-0.2, 0) is 11.2 Å². The normalized spacial score (nSPS) is 22.0. The highest BCUT2D eigenvalue weighted by Crippen LogP contribution is 2.36. The summed E-state index contributed by atoms with van der Waals surface area (Å²) in [5, 5.41) is 1.17. The summed E-state index contributed by atoms with van der Waals surface area (Å²) in [6.45, 7) is 9.02. The Morgan fingerprint density at radius 1 is 1.18 bits per heavy atom. The largest absolute Gasteiger partial charge is 0.340 e. The molecule has 3 aliphatic rings. The highest BCUT2D eigenvalue weighted by molar-refractivity contribution is 5.99. The summed E-state index contributed by atoms with van der Waals surface area (Å²) in [5.41, 5.74) is 4.30. The van der Waals surface area contributed by atoms with Crippen LogP contribution in [0.15, 0.2) is 36.8 Å². The van der Waals surface area contributed by atoms with Gasteiger partial charge in [0.2, 0.25) is 5.91 Å². The number of hydrogen-bond donors (Lipinski definition) is 0. The average molecular weight is 532 g/mol. The Kier molecular flexibility index (Phi) is 6.69. The van der Waals surface area contributed by atoms with Crippen molar-refractivity contribution in [3.63, 3.8) is 0 Å². The number of piperidine rings is 1. The van der Waals surface area contributed by atoms with Crippen molar-refractivity contribution in [2.24, 2.45) is 5.92 Å². The Morgan fingerprint density at radius 2 is 1.97 bits per heavy atom. The molecule has 8 heteroatoms. The molecule has 5 heterocycles. The van der Waals surface area contributed by atoms with Crippen LogP contribution in [0.2, 0.25) is 0 Å². The van der Waals surface area contributed by atoms with Crippen molar-refractivity contribution in [1.29, 1.82) is 0 Å². The van der Waals surface area contributed by atoms with E-state index in [9.17, 15) is 14.0 Å². The molecule has 7 nitrogen and oxygen atoms in total. The van der Waals surface area contributed by atoms with Gasteiger partial charge >= 0.3 is 0 Å². The number of aryl methyl sites for hydroxylation is 1. The number of nitrogens with zero attached hydrogens (tertiary/aromatic N) is 5. The molecule has 2 amide bonds. The SMILES string of the molecule is Cc1cncc2c1c(CC1CN([C@@H]3CCN4C(=O)CCC4C3)C1)cn2-c1ccc(F)cc1C(=O)N(C)C(C)C. The zero-order valence-electron chi connectivity index (χ0n) is 23.4. The van der Waals surface area contributed by atoms with Gasteiger partial charge in [-0.1, -0.05) is 0 Å². The molecule has 2 atom stereocenters. The third kappa shape index (κ3) is 4.62. The molecule has 2 aromatic heterocycles. The first kappa shape index (κ1) is 26.0. The molecule has 3 fully saturated rings. The van der Waals surface area contributed by atoms with Gasteiger partial charge in [-0.15, -0.1) is 0 Å². The van der Waals surface area contributed by atoms with E-state index >= 15 is 0 Å². The van der Waals surface area contributed by atoms with Crippen LogP contribution in [0.1, 0.15) is 61.0 Å². The van der Waals surface area contributed by atoms with Crippen LogP contribution in [0.4, 0.5) is 4.39 Å². The second kappa shape index (κ2) is 10.0. The number of pyridine rings is 1. The lowest BCUT2D eigenvalue weighted by atomic mass is 9.87. The van der Waals surface area contributed by atoms with Crippen molar-refractivity contribution >= 4 is 22.7 Å². The summed E-state index contributed by atoms with van der Waals surface area (Å²) in [6, 6.07) is 5.48. The summed E-state index contributed by atoms with van der Waals surface area (Å²) in [5.74, 6) is 0.269. The third-order valence-corrected chi connectivity index (χ3v) is 9.23. The van der Waals surface area contributed by atoms with Crippen molar-refractivity contribution < 1.29 is 14.0 Å². The van der Waals surface area contributed by atoms with E-state index < -0.39 is 5.82 Å². The quantitative estimate of drug-likeness (QED) is 0.467. The van der Waals surface area contributed by atoms with Crippen molar-refractivity contribution in [3.8, 4) is 5.69 Å². The fourth-order valence-electron chi connectivity index (χ4n) is 6.85. The molecular weight excluding hydrogens is 493 g/mol. The number of rotatable bonds is 6. The van der Waals surface area contributed by atoms with E-state index in [4.69, 9.17) is 0 Å². The van der Waals surface area contributed by atoms with Gasteiger partial charge in [0.25, 0.3) is 5.91 Å². The second-order valence-corrected chi connectivity index (χ2v) is 12.0. The molecule has 0 saturated carbocycles. The van der Waals surface area contributed by atoms with Gasteiger partial charge in [-0.3, -0.25) is 19.5 Å². The first-order chi connectivity index (χ1) is 18.7. The smallest absolute Gasteiger partial charge is 0.256 e. The Bertz CT molecular complexity index is 1430. The van der Waals surface area contributed by atoms with Gasteiger partial charge in [-0.05, 0) is 81.7 Å². The van der Waals surface area contributed by atoms with Crippen LogP contribution in [0.5, 0.6) is 0 Å². The fourth-order valence-corrected chi connectivity index (χ4v) is 6.85. The molecule has 0 aliphatic carbocycles. The number of aromatic nitrogens is 2. The van der Waals surface area contributed by atoms with Crippen LogP contribution in [0, 0.1) is 18.7 Å². The van der Waals surface area contributed by atoms with Crippen LogP contribution < -0.4 is 0 Å². The van der Waals surface area contributed by atoms with Crippen LogP contribution in [0.3, 0.4) is 0 Å². The minimum Gasteiger partial charge on any atom is -0.340 e. The highest BCUT2D eigenvalue weighted by Gasteiger charge is 2.41. The summed E-state index contributed by atoms with van der Waals surface area (Å²) >= 11 is 0. The topological polar surface area (TPSA) is 61.7 Å². The lowest BCUT2D eigenvalue weighted by Crippen LogP contribution is -2.57. The lowest BCUT2D eigenvalue weighted by molar-refractivity contribution is -0.131. The number of likely N-dealkylation sites (tertiary alicyclic amines) is 1. The van der Waals surface area contributed by atoms with Gasteiger partial charge in [0.1, 0.15) is 5.82 Å². The van der Waals surface area contributed by atoms with Gasteiger partial charge < -0.3 is 14.4 Å². The molecule has 0 spiro atoms. The van der Waals surface area contributed by atoms with E-state index in [0.717, 1.165) is 56.4 Å². The molecule has 39 heavy (non-hydrogen) atoms. The summed E-state index contributed by atoms with van der Waals surface area (Å²) < 4.78 is 16.4. The highest BCUT2D eigenvalue weighted by atomic mass is 19.1. The van der Waals surface area contributed by atoms with E-state index in [1.165, 1.54) is 23.1 Å².